The molecule has 0 aliphatic heterocycles. The zero-order valence-corrected chi connectivity index (χ0v) is 8.40. The van der Waals surface area contributed by atoms with Crippen LogP contribution in [0.5, 0.6) is 0 Å². The van der Waals surface area contributed by atoms with Crippen LogP contribution in [0.1, 0.15) is 17.2 Å². The number of hydrogen-bond donors (Lipinski definition) is 2. The van der Waals surface area contributed by atoms with Crippen molar-refractivity contribution in [1.82, 2.24) is 0 Å². The Labute approximate surface area is 84.7 Å². The van der Waals surface area contributed by atoms with E-state index in [1.165, 1.54) is 0 Å². The number of hydrogen-bond acceptors (Lipinski definition) is 2. The number of rotatable bonds is 0. The second-order valence-corrected chi connectivity index (χ2v) is 3.96. The lowest BCUT2D eigenvalue weighted by Crippen LogP contribution is -2.22. The zero-order valence-electron chi connectivity index (χ0n) is 6.81. The fourth-order valence-corrected chi connectivity index (χ4v) is 1.96. The van der Waals surface area contributed by atoms with Crippen molar-refractivity contribution in [3.8, 4) is 0 Å². The smallest absolute Gasteiger partial charge is 0.115 e. The molecule has 1 aliphatic rings. The van der Waals surface area contributed by atoms with Crippen molar-refractivity contribution in [1.29, 1.82) is 0 Å². The zero-order chi connectivity index (χ0) is 9.42. The van der Waals surface area contributed by atoms with Crippen LogP contribution in [-0.4, -0.2) is 16.3 Å². The van der Waals surface area contributed by atoms with Crippen molar-refractivity contribution in [3.63, 3.8) is 0 Å². The van der Waals surface area contributed by atoms with Gasteiger partial charge in [-0.15, -0.1) is 0 Å². The highest BCUT2D eigenvalue weighted by Gasteiger charge is 2.26. The number of fused-ring (bicyclic) bond motifs is 1. The van der Waals surface area contributed by atoms with Gasteiger partial charge in [0, 0.05) is 4.48 Å². The van der Waals surface area contributed by atoms with E-state index in [4.69, 9.17) is 0 Å². The molecule has 0 spiro atoms. The van der Waals surface area contributed by atoms with Crippen LogP contribution in [0.25, 0.3) is 6.08 Å². The number of benzene rings is 1. The van der Waals surface area contributed by atoms with Crippen molar-refractivity contribution >= 4 is 22.0 Å². The van der Waals surface area contributed by atoms with Crippen molar-refractivity contribution < 1.29 is 10.2 Å². The van der Waals surface area contributed by atoms with E-state index < -0.39 is 12.2 Å². The largest absolute Gasteiger partial charge is 0.385 e. The molecule has 0 bridgehead atoms. The Morgan fingerprint density at radius 2 is 1.77 bits per heavy atom. The van der Waals surface area contributed by atoms with Gasteiger partial charge < -0.3 is 10.2 Å². The third-order valence-corrected chi connectivity index (χ3v) is 2.89. The highest BCUT2D eigenvalue weighted by atomic mass is 79.9. The Bertz CT molecular complexity index is 360. The molecule has 68 valence electrons. The Morgan fingerprint density at radius 1 is 1.08 bits per heavy atom. The average Bonchev–Trinajstić information content (AvgIpc) is 2.15. The van der Waals surface area contributed by atoms with Crippen LogP contribution in [0.3, 0.4) is 0 Å². The van der Waals surface area contributed by atoms with Gasteiger partial charge in [0.15, 0.2) is 0 Å². The Balaban J connectivity index is 2.56. The quantitative estimate of drug-likeness (QED) is 0.727. The minimum atomic E-state index is -0.838. The van der Waals surface area contributed by atoms with E-state index in [1.807, 2.05) is 30.3 Å². The third kappa shape index (κ3) is 1.43. The van der Waals surface area contributed by atoms with Crippen LogP contribution < -0.4 is 0 Å². The summed E-state index contributed by atoms with van der Waals surface area (Å²) in [5.41, 5.74) is 1.73. The molecule has 0 unspecified atom stereocenters. The fourth-order valence-electron chi connectivity index (χ4n) is 1.47. The first-order valence-electron chi connectivity index (χ1n) is 4.02. The number of aliphatic hydroxyl groups excluding tert-OH is 2. The van der Waals surface area contributed by atoms with Crippen molar-refractivity contribution in [2.45, 2.75) is 12.2 Å². The molecular weight excluding hydrogens is 232 g/mol. The maximum Gasteiger partial charge on any atom is 0.115 e. The van der Waals surface area contributed by atoms with Crippen LogP contribution in [0.15, 0.2) is 28.7 Å². The fraction of sp³-hybridized carbons (Fsp3) is 0.200. The molecule has 0 fully saturated rings. The maximum absolute atomic E-state index is 9.68. The molecule has 0 saturated heterocycles. The van der Waals surface area contributed by atoms with E-state index in [0.717, 1.165) is 11.1 Å². The first kappa shape index (κ1) is 8.94. The van der Waals surface area contributed by atoms with Crippen LogP contribution in [0.2, 0.25) is 0 Å². The highest BCUT2D eigenvalue weighted by Crippen LogP contribution is 2.34. The van der Waals surface area contributed by atoms with E-state index in [1.54, 1.807) is 0 Å². The van der Waals surface area contributed by atoms with E-state index in [9.17, 15) is 10.2 Å². The predicted octanol–water partition coefficient (Wildman–Crippen LogP) is 1.83. The van der Waals surface area contributed by atoms with E-state index in [2.05, 4.69) is 15.9 Å². The van der Waals surface area contributed by atoms with Gasteiger partial charge in [-0.25, -0.2) is 0 Å². The summed E-state index contributed by atoms with van der Waals surface area (Å²) in [6, 6.07) is 7.48. The van der Waals surface area contributed by atoms with Crippen molar-refractivity contribution in [2.24, 2.45) is 0 Å². The van der Waals surface area contributed by atoms with E-state index in [0.29, 0.717) is 4.48 Å². The van der Waals surface area contributed by atoms with E-state index >= 15 is 0 Å². The standard InChI is InChI=1S/C10H9BrO2/c11-8-5-6-3-1-2-4-7(6)9(12)10(8)13/h1-5,9-10,12-13H/t9-,10+/m1/s1. The Kier molecular flexibility index (Phi) is 2.24. The van der Waals surface area contributed by atoms with Gasteiger partial charge in [0.1, 0.15) is 12.2 Å². The molecule has 2 atom stereocenters. The van der Waals surface area contributed by atoms with Gasteiger partial charge in [-0.05, 0) is 17.2 Å². The van der Waals surface area contributed by atoms with Crippen LogP contribution in [-0.2, 0) is 0 Å². The van der Waals surface area contributed by atoms with Gasteiger partial charge in [0.25, 0.3) is 0 Å². The lowest BCUT2D eigenvalue weighted by Gasteiger charge is -2.24. The summed E-state index contributed by atoms with van der Waals surface area (Å²) in [5.74, 6) is 0. The summed E-state index contributed by atoms with van der Waals surface area (Å²) < 4.78 is 0.624. The summed E-state index contributed by atoms with van der Waals surface area (Å²) in [5, 5.41) is 19.2. The molecule has 2 N–H and O–H groups in total. The van der Waals surface area contributed by atoms with Crippen LogP contribution in [0, 0.1) is 0 Å². The van der Waals surface area contributed by atoms with Crippen molar-refractivity contribution in [3.05, 3.63) is 39.9 Å². The SMILES string of the molecule is O[C@@H]1c2ccccc2C=C(Br)[C@@H]1O. The van der Waals surface area contributed by atoms with Gasteiger partial charge in [-0.3, -0.25) is 0 Å². The van der Waals surface area contributed by atoms with Gasteiger partial charge in [-0.2, -0.15) is 0 Å². The lowest BCUT2D eigenvalue weighted by atomic mass is 9.93. The topological polar surface area (TPSA) is 40.5 Å². The minimum Gasteiger partial charge on any atom is -0.385 e. The molecule has 2 rings (SSSR count). The third-order valence-electron chi connectivity index (χ3n) is 2.19. The normalized spacial score (nSPS) is 26.5. The molecule has 1 aliphatic carbocycles. The van der Waals surface area contributed by atoms with Gasteiger partial charge in [0.2, 0.25) is 0 Å². The second kappa shape index (κ2) is 3.25. The minimum absolute atomic E-state index is 0.624. The molecule has 1 aromatic rings. The van der Waals surface area contributed by atoms with Gasteiger partial charge >= 0.3 is 0 Å². The summed E-state index contributed by atoms with van der Waals surface area (Å²) in [4.78, 5) is 0. The molecular formula is C10H9BrO2. The second-order valence-electron chi connectivity index (χ2n) is 3.05. The molecule has 1 aromatic carbocycles. The van der Waals surface area contributed by atoms with Gasteiger partial charge in [0.05, 0.1) is 0 Å². The molecule has 0 heterocycles. The first-order valence-corrected chi connectivity index (χ1v) is 4.81. The summed E-state index contributed by atoms with van der Waals surface area (Å²) in [6.07, 6.45) is 0.165. The predicted molar refractivity (Wildman–Crippen MR) is 54.3 cm³/mol. The van der Waals surface area contributed by atoms with Gasteiger partial charge in [-0.1, -0.05) is 40.2 Å². The molecule has 0 saturated carbocycles. The molecule has 13 heavy (non-hydrogen) atoms. The molecule has 3 heteroatoms. The summed E-state index contributed by atoms with van der Waals surface area (Å²) in [6.45, 7) is 0. The van der Waals surface area contributed by atoms with Crippen LogP contribution in [0.4, 0.5) is 0 Å². The van der Waals surface area contributed by atoms with Crippen LogP contribution >= 0.6 is 15.9 Å². The lowest BCUT2D eigenvalue weighted by molar-refractivity contribution is 0.0452. The number of aliphatic hydroxyl groups is 2. The molecule has 0 aromatic heterocycles. The summed E-state index contributed by atoms with van der Waals surface area (Å²) >= 11 is 3.22. The first-order chi connectivity index (χ1) is 6.20. The van der Waals surface area contributed by atoms with E-state index in [-0.39, 0.29) is 0 Å². The number of halogens is 1. The maximum atomic E-state index is 9.68. The Morgan fingerprint density at radius 3 is 2.54 bits per heavy atom. The Hall–Kier alpha value is -0.640. The molecule has 0 amide bonds. The molecule has 0 radical (unpaired) electrons. The average molecular weight is 241 g/mol. The molecule has 2 nitrogen and oxygen atoms in total. The highest BCUT2D eigenvalue weighted by molar-refractivity contribution is 9.11. The monoisotopic (exact) mass is 240 g/mol. The summed E-state index contributed by atoms with van der Waals surface area (Å²) in [7, 11) is 0. The van der Waals surface area contributed by atoms with Crippen molar-refractivity contribution in [2.75, 3.05) is 0 Å².